The van der Waals surface area contributed by atoms with Gasteiger partial charge in [0.1, 0.15) is 0 Å². The first-order chi connectivity index (χ1) is 9.68. The maximum atomic E-state index is 11.8. The smallest absolute Gasteiger partial charge is 0.338 e. The number of carbonyl (C=O) groups excluding carboxylic acids is 2. The highest BCUT2D eigenvalue weighted by atomic mass is 16.5. The van der Waals surface area contributed by atoms with Crippen molar-refractivity contribution in [3.05, 3.63) is 78.4 Å². The molecule has 0 aromatic heterocycles. The maximum absolute atomic E-state index is 11.8. The second-order valence-corrected chi connectivity index (χ2v) is 4.08. The number of rotatable bonds is 5. The normalized spacial score (nSPS) is 11.7. The summed E-state index contributed by atoms with van der Waals surface area (Å²) in [4.78, 5) is 23.5. The van der Waals surface area contributed by atoms with Gasteiger partial charge in [-0.3, -0.25) is 4.79 Å². The molecule has 4 nitrogen and oxygen atoms in total. The molecule has 0 aliphatic carbocycles. The second kappa shape index (κ2) is 6.63. The summed E-state index contributed by atoms with van der Waals surface area (Å²) >= 11 is 0. The lowest BCUT2D eigenvalue weighted by molar-refractivity contribution is 0.0446. The Kier molecular flexibility index (Phi) is 4.63. The standard InChI is InChI=1S/C16H13O4/c17-14(15(18)12-7-3-1-4-8-12)11-20-16(19)13-9-5-2-6-10-13/h1-11,14,17H. The van der Waals surface area contributed by atoms with E-state index in [1.807, 2.05) is 0 Å². The lowest BCUT2D eigenvalue weighted by Crippen LogP contribution is -2.23. The van der Waals surface area contributed by atoms with Crippen molar-refractivity contribution >= 4 is 11.8 Å². The molecule has 2 aromatic carbocycles. The molecule has 1 unspecified atom stereocenters. The summed E-state index contributed by atoms with van der Waals surface area (Å²) in [6.07, 6.45) is -1.48. The molecule has 0 saturated carbocycles. The zero-order valence-corrected chi connectivity index (χ0v) is 10.6. The summed E-state index contributed by atoms with van der Waals surface area (Å²) < 4.78 is 4.80. The van der Waals surface area contributed by atoms with Gasteiger partial charge >= 0.3 is 5.97 Å². The van der Waals surface area contributed by atoms with E-state index in [4.69, 9.17) is 4.74 Å². The summed E-state index contributed by atoms with van der Waals surface area (Å²) in [5, 5.41) is 9.68. The van der Waals surface area contributed by atoms with Crippen molar-refractivity contribution in [3.8, 4) is 0 Å². The van der Waals surface area contributed by atoms with E-state index in [0.29, 0.717) is 11.1 Å². The van der Waals surface area contributed by atoms with Gasteiger partial charge in [0.15, 0.2) is 18.5 Å². The quantitative estimate of drug-likeness (QED) is 0.668. The van der Waals surface area contributed by atoms with Crippen LogP contribution in [0.4, 0.5) is 0 Å². The van der Waals surface area contributed by atoms with Crippen molar-refractivity contribution in [1.29, 1.82) is 0 Å². The molecule has 0 saturated heterocycles. The van der Waals surface area contributed by atoms with Crippen LogP contribution in [0.5, 0.6) is 0 Å². The predicted molar refractivity (Wildman–Crippen MR) is 72.9 cm³/mol. The van der Waals surface area contributed by atoms with E-state index in [9.17, 15) is 14.7 Å². The van der Waals surface area contributed by atoms with Crippen molar-refractivity contribution in [2.75, 3.05) is 0 Å². The zero-order valence-electron chi connectivity index (χ0n) is 10.6. The van der Waals surface area contributed by atoms with Crippen molar-refractivity contribution in [3.63, 3.8) is 0 Å². The van der Waals surface area contributed by atoms with Crippen LogP contribution in [0.2, 0.25) is 0 Å². The average molecular weight is 269 g/mol. The van der Waals surface area contributed by atoms with E-state index in [2.05, 4.69) is 0 Å². The Labute approximate surface area is 116 Å². The van der Waals surface area contributed by atoms with Gasteiger partial charge in [0.2, 0.25) is 0 Å². The lowest BCUT2D eigenvalue weighted by Gasteiger charge is -2.09. The van der Waals surface area contributed by atoms with Gasteiger partial charge in [0.05, 0.1) is 5.56 Å². The lowest BCUT2D eigenvalue weighted by atomic mass is 10.1. The first-order valence-electron chi connectivity index (χ1n) is 6.05. The Morgan fingerprint density at radius 3 is 1.95 bits per heavy atom. The van der Waals surface area contributed by atoms with Crippen LogP contribution in [0.25, 0.3) is 0 Å². The molecule has 1 atom stereocenters. The summed E-state index contributed by atoms with van der Waals surface area (Å²) in [5.74, 6) is -1.14. The highest BCUT2D eigenvalue weighted by Crippen LogP contribution is 2.08. The number of ether oxygens (including phenoxy) is 1. The Morgan fingerprint density at radius 2 is 1.40 bits per heavy atom. The van der Waals surface area contributed by atoms with Crippen molar-refractivity contribution in [2.24, 2.45) is 0 Å². The highest BCUT2D eigenvalue weighted by molar-refractivity contribution is 6.00. The number of esters is 1. The van der Waals surface area contributed by atoms with E-state index in [0.717, 1.165) is 6.61 Å². The van der Waals surface area contributed by atoms with Crippen LogP contribution in [-0.4, -0.2) is 23.0 Å². The van der Waals surface area contributed by atoms with E-state index in [1.54, 1.807) is 60.7 Å². The molecule has 101 valence electrons. The largest absolute Gasteiger partial charge is 0.451 e. The topological polar surface area (TPSA) is 63.6 Å². The van der Waals surface area contributed by atoms with Gasteiger partial charge in [-0.1, -0.05) is 48.5 Å². The fourth-order valence-corrected chi connectivity index (χ4v) is 1.60. The fraction of sp³-hybridized carbons (Fsp3) is 0.0625. The van der Waals surface area contributed by atoms with E-state index in [1.165, 1.54) is 0 Å². The van der Waals surface area contributed by atoms with Crippen LogP contribution in [0.1, 0.15) is 20.7 Å². The molecule has 0 fully saturated rings. The van der Waals surface area contributed by atoms with Gasteiger partial charge in [-0.15, -0.1) is 0 Å². The van der Waals surface area contributed by atoms with Gasteiger partial charge < -0.3 is 9.84 Å². The molecular weight excluding hydrogens is 256 g/mol. The molecule has 0 bridgehead atoms. The average Bonchev–Trinajstić information content (AvgIpc) is 2.53. The third kappa shape index (κ3) is 3.52. The molecule has 4 heteroatoms. The van der Waals surface area contributed by atoms with E-state index < -0.39 is 17.9 Å². The Bertz CT molecular complexity index is 578. The molecule has 1 radical (unpaired) electrons. The number of aliphatic hydroxyl groups is 1. The van der Waals surface area contributed by atoms with Crippen LogP contribution in [0.15, 0.2) is 60.7 Å². The third-order valence-electron chi connectivity index (χ3n) is 2.64. The van der Waals surface area contributed by atoms with Crippen LogP contribution >= 0.6 is 0 Å². The third-order valence-corrected chi connectivity index (χ3v) is 2.64. The van der Waals surface area contributed by atoms with Gasteiger partial charge in [-0.2, -0.15) is 0 Å². The minimum Gasteiger partial charge on any atom is -0.451 e. The van der Waals surface area contributed by atoms with Crippen molar-refractivity contribution in [1.82, 2.24) is 0 Å². The Hall–Kier alpha value is -2.46. The number of benzene rings is 2. The molecule has 20 heavy (non-hydrogen) atoms. The summed E-state index contributed by atoms with van der Waals surface area (Å²) in [5.41, 5.74) is 0.704. The molecule has 2 aromatic rings. The fourth-order valence-electron chi connectivity index (χ4n) is 1.60. The number of hydrogen-bond acceptors (Lipinski definition) is 4. The van der Waals surface area contributed by atoms with Crippen LogP contribution in [0, 0.1) is 6.61 Å². The minimum absolute atomic E-state index is 0.350. The first-order valence-corrected chi connectivity index (χ1v) is 6.05. The summed E-state index contributed by atoms with van der Waals surface area (Å²) in [7, 11) is 0. The molecule has 0 aliphatic rings. The van der Waals surface area contributed by atoms with Gasteiger partial charge in [0, 0.05) is 5.56 Å². The number of Topliss-reactive ketones (excluding diaryl/α,β-unsaturated/α-hetero) is 1. The monoisotopic (exact) mass is 269 g/mol. The summed E-state index contributed by atoms with van der Waals surface area (Å²) in [6.45, 7) is 0.838. The highest BCUT2D eigenvalue weighted by Gasteiger charge is 2.20. The van der Waals surface area contributed by atoms with Gasteiger partial charge in [0.25, 0.3) is 0 Å². The van der Waals surface area contributed by atoms with Crippen LogP contribution in [0.3, 0.4) is 0 Å². The molecule has 0 amide bonds. The number of carbonyl (C=O) groups is 2. The Balaban J connectivity index is 1.91. The van der Waals surface area contributed by atoms with Crippen molar-refractivity contribution < 1.29 is 19.4 Å². The van der Waals surface area contributed by atoms with Gasteiger partial charge in [-0.25, -0.2) is 4.79 Å². The minimum atomic E-state index is -1.48. The molecule has 1 N–H and O–H groups in total. The zero-order chi connectivity index (χ0) is 14.4. The Morgan fingerprint density at radius 1 is 0.900 bits per heavy atom. The maximum Gasteiger partial charge on any atom is 0.338 e. The summed E-state index contributed by atoms with van der Waals surface area (Å²) in [6, 6.07) is 16.6. The first kappa shape index (κ1) is 14.0. The van der Waals surface area contributed by atoms with Crippen LogP contribution < -0.4 is 0 Å². The molecule has 0 heterocycles. The molecular formula is C16H13O4. The SMILES string of the molecule is O=C(O[CH]C(O)C(=O)c1ccccc1)c1ccccc1. The van der Waals surface area contributed by atoms with Crippen molar-refractivity contribution in [2.45, 2.75) is 6.10 Å². The second-order valence-electron chi connectivity index (χ2n) is 4.08. The van der Waals surface area contributed by atoms with E-state index in [-0.39, 0.29) is 0 Å². The van der Waals surface area contributed by atoms with E-state index >= 15 is 0 Å². The molecule has 0 spiro atoms. The number of hydrogen-bond donors (Lipinski definition) is 1. The number of ketones is 1. The van der Waals surface area contributed by atoms with Crippen LogP contribution in [-0.2, 0) is 4.74 Å². The van der Waals surface area contributed by atoms with Gasteiger partial charge in [-0.05, 0) is 12.1 Å². The molecule has 2 rings (SSSR count). The predicted octanol–water partition coefficient (Wildman–Crippen LogP) is 2.25. The number of aliphatic hydroxyl groups excluding tert-OH is 1. The molecule has 0 aliphatic heterocycles.